The van der Waals surface area contributed by atoms with Crippen LogP contribution >= 0.6 is 0 Å². The van der Waals surface area contributed by atoms with Crippen molar-refractivity contribution in [1.29, 1.82) is 0 Å². The topological polar surface area (TPSA) is 40.5 Å². The fourth-order valence-electron chi connectivity index (χ4n) is 3.90. The Hall–Kier alpha value is -1.35. The van der Waals surface area contributed by atoms with Crippen LogP contribution in [-0.2, 0) is 11.2 Å². The largest absolute Gasteiger partial charge is 0.481 e. The minimum Gasteiger partial charge on any atom is -0.481 e. The second-order valence-electron chi connectivity index (χ2n) is 6.24. The zero-order valence-electron chi connectivity index (χ0n) is 12.1. The molecule has 3 heteroatoms. The first kappa shape index (κ1) is 13.6. The summed E-state index contributed by atoms with van der Waals surface area (Å²) in [7, 11) is 0. The van der Waals surface area contributed by atoms with Gasteiger partial charge in [-0.05, 0) is 50.3 Å². The number of piperidine rings is 1. The summed E-state index contributed by atoms with van der Waals surface area (Å²) in [5, 5.41) is 9.14. The van der Waals surface area contributed by atoms with Gasteiger partial charge in [-0.3, -0.25) is 9.69 Å². The molecule has 2 unspecified atom stereocenters. The molecule has 0 aromatic heterocycles. The highest BCUT2D eigenvalue weighted by atomic mass is 16.4. The van der Waals surface area contributed by atoms with Gasteiger partial charge in [-0.15, -0.1) is 0 Å². The fraction of sp³-hybridized carbons (Fsp3) is 0.588. The predicted octanol–water partition coefficient (Wildman–Crippen LogP) is 3.31. The third-order valence-electron chi connectivity index (χ3n) is 4.83. The van der Waals surface area contributed by atoms with Gasteiger partial charge in [-0.1, -0.05) is 30.2 Å². The quantitative estimate of drug-likeness (QED) is 0.918. The second kappa shape index (κ2) is 5.57. The Balaban J connectivity index is 1.85. The number of rotatable bonds is 3. The van der Waals surface area contributed by atoms with Crippen LogP contribution in [0.5, 0.6) is 0 Å². The van der Waals surface area contributed by atoms with Crippen molar-refractivity contribution in [2.45, 2.75) is 57.5 Å². The Labute approximate surface area is 120 Å². The van der Waals surface area contributed by atoms with Crippen molar-refractivity contribution in [2.24, 2.45) is 0 Å². The highest BCUT2D eigenvalue weighted by Crippen LogP contribution is 2.39. The van der Waals surface area contributed by atoms with Gasteiger partial charge in [0, 0.05) is 12.1 Å². The predicted molar refractivity (Wildman–Crippen MR) is 78.8 cm³/mol. The van der Waals surface area contributed by atoms with Crippen LogP contribution in [0.1, 0.15) is 54.8 Å². The van der Waals surface area contributed by atoms with Gasteiger partial charge in [-0.25, -0.2) is 0 Å². The van der Waals surface area contributed by atoms with E-state index in [0.29, 0.717) is 6.04 Å². The summed E-state index contributed by atoms with van der Waals surface area (Å²) in [6, 6.07) is 7.40. The Bertz CT molecular complexity index is 512. The van der Waals surface area contributed by atoms with Gasteiger partial charge >= 0.3 is 5.97 Å². The molecule has 0 bridgehead atoms. The van der Waals surface area contributed by atoms with Crippen molar-refractivity contribution in [1.82, 2.24) is 4.90 Å². The molecule has 1 heterocycles. The van der Waals surface area contributed by atoms with Crippen molar-refractivity contribution >= 4 is 5.97 Å². The SMILES string of the molecule is Cc1ccc2c(c1)C(N1CCCCC1CC(=O)O)CC2. The average Bonchev–Trinajstić information content (AvgIpc) is 2.81. The van der Waals surface area contributed by atoms with Gasteiger partial charge in [0.1, 0.15) is 0 Å². The molecular weight excluding hydrogens is 250 g/mol. The average molecular weight is 273 g/mol. The van der Waals surface area contributed by atoms with Crippen LogP contribution in [0.4, 0.5) is 0 Å². The number of benzene rings is 1. The summed E-state index contributed by atoms with van der Waals surface area (Å²) in [5.74, 6) is -0.663. The number of likely N-dealkylation sites (tertiary alicyclic amines) is 1. The van der Waals surface area contributed by atoms with E-state index >= 15 is 0 Å². The van der Waals surface area contributed by atoms with E-state index in [4.69, 9.17) is 5.11 Å². The first-order chi connectivity index (χ1) is 9.65. The molecule has 0 spiro atoms. The number of carbonyl (C=O) groups is 1. The summed E-state index contributed by atoms with van der Waals surface area (Å²) in [6.07, 6.45) is 5.97. The highest BCUT2D eigenvalue weighted by Gasteiger charge is 2.34. The Morgan fingerprint density at radius 3 is 3.00 bits per heavy atom. The molecule has 3 rings (SSSR count). The zero-order chi connectivity index (χ0) is 14.1. The summed E-state index contributed by atoms with van der Waals surface area (Å²) in [6.45, 7) is 3.19. The molecule has 1 aliphatic heterocycles. The number of aryl methyl sites for hydroxylation is 2. The van der Waals surface area contributed by atoms with E-state index in [-0.39, 0.29) is 12.5 Å². The Morgan fingerprint density at radius 2 is 2.20 bits per heavy atom. The lowest BCUT2D eigenvalue weighted by atomic mass is 9.94. The van der Waals surface area contributed by atoms with Gasteiger partial charge in [0.05, 0.1) is 6.42 Å². The van der Waals surface area contributed by atoms with Crippen LogP contribution in [0.25, 0.3) is 0 Å². The van der Waals surface area contributed by atoms with E-state index in [2.05, 4.69) is 30.0 Å². The molecule has 0 saturated carbocycles. The van der Waals surface area contributed by atoms with Crippen LogP contribution in [0.15, 0.2) is 18.2 Å². The van der Waals surface area contributed by atoms with E-state index in [1.54, 1.807) is 0 Å². The van der Waals surface area contributed by atoms with Crippen molar-refractivity contribution in [3.8, 4) is 0 Å². The van der Waals surface area contributed by atoms with Crippen molar-refractivity contribution in [3.05, 3.63) is 34.9 Å². The molecular formula is C17H23NO2. The Morgan fingerprint density at radius 1 is 1.35 bits per heavy atom. The molecule has 1 fully saturated rings. The minimum atomic E-state index is -0.663. The summed E-state index contributed by atoms with van der Waals surface area (Å²) >= 11 is 0. The third kappa shape index (κ3) is 2.59. The van der Waals surface area contributed by atoms with E-state index in [0.717, 1.165) is 25.8 Å². The fourth-order valence-corrected chi connectivity index (χ4v) is 3.90. The lowest BCUT2D eigenvalue weighted by Crippen LogP contribution is -2.42. The van der Waals surface area contributed by atoms with Crippen LogP contribution in [0.3, 0.4) is 0 Å². The molecule has 1 aromatic rings. The molecule has 2 aliphatic rings. The number of carboxylic acids is 1. The van der Waals surface area contributed by atoms with Gasteiger partial charge in [-0.2, -0.15) is 0 Å². The van der Waals surface area contributed by atoms with E-state index in [1.807, 2.05) is 0 Å². The highest BCUT2D eigenvalue weighted by molar-refractivity contribution is 5.67. The summed E-state index contributed by atoms with van der Waals surface area (Å²) < 4.78 is 0. The molecule has 0 radical (unpaired) electrons. The molecule has 108 valence electrons. The molecule has 1 saturated heterocycles. The second-order valence-corrected chi connectivity index (χ2v) is 6.24. The monoisotopic (exact) mass is 273 g/mol. The number of fused-ring (bicyclic) bond motifs is 1. The van der Waals surface area contributed by atoms with E-state index in [1.165, 1.54) is 29.5 Å². The molecule has 20 heavy (non-hydrogen) atoms. The normalized spacial score (nSPS) is 26.4. The molecule has 2 atom stereocenters. The van der Waals surface area contributed by atoms with E-state index < -0.39 is 5.97 Å². The van der Waals surface area contributed by atoms with Crippen molar-refractivity contribution in [3.63, 3.8) is 0 Å². The van der Waals surface area contributed by atoms with E-state index in [9.17, 15) is 4.79 Å². The van der Waals surface area contributed by atoms with Crippen LogP contribution in [0.2, 0.25) is 0 Å². The molecule has 1 N–H and O–H groups in total. The van der Waals surface area contributed by atoms with Crippen molar-refractivity contribution < 1.29 is 9.90 Å². The zero-order valence-corrected chi connectivity index (χ0v) is 12.1. The third-order valence-corrected chi connectivity index (χ3v) is 4.83. The number of hydrogen-bond acceptors (Lipinski definition) is 2. The molecule has 0 amide bonds. The maximum absolute atomic E-state index is 11.1. The molecule has 3 nitrogen and oxygen atoms in total. The van der Waals surface area contributed by atoms with Crippen LogP contribution in [-0.4, -0.2) is 28.6 Å². The number of nitrogens with zero attached hydrogens (tertiary/aromatic N) is 1. The molecule has 1 aliphatic carbocycles. The number of carboxylic acid groups (broad SMARTS) is 1. The van der Waals surface area contributed by atoms with Gasteiger partial charge in [0.15, 0.2) is 0 Å². The van der Waals surface area contributed by atoms with Crippen molar-refractivity contribution in [2.75, 3.05) is 6.54 Å². The first-order valence-electron chi connectivity index (χ1n) is 7.72. The molecule has 1 aromatic carbocycles. The van der Waals surface area contributed by atoms with Crippen LogP contribution in [0, 0.1) is 6.92 Å². The maximum Gasteiger partial charge on any atom is 0.304 e. The maximum atomic E-state index is 11.1. The standard InChI is InChI=1S/C17H23NO2/c1-12-5-6-13-7-8-16(15(13)10-12)18-9-3-2-4-14(18)11-17(19)20/h5-6,10,14,16H,2-4,7-9,11H2,1H3,(H,19,20). The lowest BCUT2D eigenvalue weighted by molar-refractivity contribution is -0.139. The van der Waals surface area contributed by atoms with Crippen LogP contribution < -0.4 is 0 Å². The van der Waals surface area contributed by atoms with Gasteiger partial charge in [0.25, 0.3) is 0 Å². The first-order valence-corrected chi connectivity index (χ1v) is 7.72. The summed E-state index contributed by atoms with van der Waals surface area (Å²) in [4.78, 5) is 13.6. The van der Waals surface area contributed by atoms with Gasteiger partial charge in [0.2, 0.25) is 0 Å². The Kier molecular flexibility index (Phi) is 3.79. The minimum absolute atomic E-state index is 0.220. The lowest BCUT2D eigenvalue weighted by Gasteiger charge is -2.39. The number of hydrogen-bond donors (Lipinski definition) is 1. The van der Waals surface area contributed by atoms with Gasteiger partial charge < -0.3 is 5.11 Å². The smallest absolute Gasteiger partial charge is 0.304 e. The number of aliphatic carboxylic acids is 1. The summed E-state index contributed by atoms with van der Waals surface area (Å²) in [5.41, 5.74) is 4.21.